The maximum atomic E-state index is 12.9. The Kier molecular flexibility index (Phi) is 5.84. The van der Waals surface area contributed by atoms with E-state index >= 15 is 0 Å². The Hall–Kier alpha value is -3.22. The highest BCUT2D eigenvalue weighted by Gasteiger charge is 2.21. The lowest BCUT2D eigenvalue weighted by atomic mass is 10.1. The largest absolute Gasteiger partial charge is 0.480 e. The van der Waals surface area contributed by atoms with E-state index in [-0.39, 0.29) is 17.9 Å². The third kappa shape index (κ3) is 5.42. The molecule has 3 N–H and O–H groups in total. The molecule has 0 heterocycles. The minimum Gasteiger partial charge on any atom is -0.480 e. The molecule has 0 bridgehead atoms. The number of carboxylic acid groups (broad SMARTS) is 1. The quantitative estimate of drug-likeness (QED) is 0.749. The molecule has 0 aliphatic heterocycles. The number of carbonyl (C=O) groups excluding carboxylic acids is 2. The summed E-state index contributed by atoms with van der Waals surface area (Å²) in [6, 6.07) is 10.4. The summed E-state index contributed by atoms with van der Waals surface area (Å²) in [4.78, 5) is 34.8. The molecule has 0 radical (unpaired) electrons. The number of carbonyl (C=O) groups is 3. The van der Waals surface area contributed by atoms with Crippen LogP contribution in [0.4, 0.5) is 10.1 Å². The monoisotopic (exact) mass is 344 g/mol. The van der Waals surface area contributed by atoms with Crippen molar-refractivity contribution in [2.75, 3.05) is 5.32 Å². The molecule has 0 aliphatic carbocycles. The zero-order chi connectivity index (χ0) is 18.4. The molecule has 25 heavy (non-hydrogen) atoms. The Morgan fingerprint density at radius 3 is 2.40 bits per heavy atom. The Bertz CT molecular complexity index is 790. The van der Waals surface area contributed by atoms with Crippen LogP contribution in [0.2, 0.25) is 0 Å². The second-order valence-electron chi connectivity index (χ2n) is 5.46. The van der Waals surface area contributed by atoms with Crippen molar-refractivity contribution in [2.45, 2.75) is 19.4 Å². The third-order valence-corrected chi connectivity index (χ3v) is 3.40. The van der Waals surface area contributed by atoms with Crippen molar-refractivity contribution >= 4 is 23.5 Å². The lowest BCUT2D eigenvalue weighted by Crippen LogP contribution is -2.42. The van der Waals surface area contributed by atoms with Crippen LogP contribution < -0.4 is 10.6 Å². The van der Waals surface area contributed by atoms with E-state index in [0.29, 0.717) is 11.3 Å². The Balaban J connectivity index is 2.11. The first-order valence-corrected chi connectivity index (χ1v) is 7.51. The number of rotatable bonds is 6. The first-order chi connectivity index (χ1) is 11.8. The molecular formula is C18H17FN2O4. The van der Waals surface area contributed by atoms with Crippen LogP contribution in [-0.4, -0.2) is 28.9 Å². The number of hydrogen-bond donors (Lipinski definition) is 3. The SMILES string of the molecule is CC(=O)Nc1cccc(C(=O)N[C@@H](Cc2ccc(F)cc2)C(=O)O)c1. The van der Waals surface area contributed by atoms with Gasteiger partial charge in [-0.1, -0.05) is 18.2 Å². The van der Waals surface area contributed by atoms with Crippen LogP contribution >= 0.6 is 0 Å². The fourth-order valence-corrected chi connectivity index (χ4v) is 2.24. The molecule has 0 saturated carbocycles. The highest BCUT2D eigenvalue weighted by atomic mass is 19.1. The van der Waals surface area contributed by atoms with Crippen molar-refractivity contribution < 1.29 is 23.9 Å². The minimum absolute atomic E-state index is 0.0206. The summed E-state index contributed by atoms with van der Waals surface area (Å²) in [7, 11) is 0. The molecule has 2 aromatic carbocycles. The lowest BCUT2D eigenvalue weighted by molar-refractivity contribution is -0.139. The topological polar surface area (TPSA) is 95.5 Å². The molecule has 1 atom stereocenters. The molecule has 0 spiro atoms. The van der Waals surface area contributed by atoms with Gasteiger partial charge in [-0.3, -0.25) is 9.59 Å². The van der Waals surface area contributed by atoms with Crippen molar-refractivity contribution in [1.29, 1.82) is 0 Å². The Morgan fingerprint density at radius 1 is 1.12 bits per heavy atom. The standard InChI is InChI=1S/C18H17FN2O4/c1-11(22)20-15-4-2-3-13(10-15)17(23)21-16(18(24)25)9-12-5-7-14(19)8-6-12/h2-8,10,16H,9H2,1H3,(H,20,22)(H,21,23)(H,24,25)/t16-/m0/s1. The zero-order valence-electron chi connectivity index (χ0n) is 13.5. The number of carboxylic acids is 1. The van der Waals surface area contributed by atoms with E-state index in [1.165, 1.54) is 43.3 Å². The molecule has 130 valence electrons. The summed E-state index contributed by atoms with van der Waals surface area (Å²) in [6.07, 6.45) is 0.0206. The van der Waals surface area contributed by atoms with Gasteiger partial charge < -0.3 is 15.7 Å². The minimum atomic E-state index is -1.20. The fourth-order valence-electron chi connectivity index (χ4n) is 2.24. The van der Waals surface area contributed by atoms with Gasteiger partial charge in [0.15, 0.2) is 0 Å². The van der Waals surface area contributed by atoms with Crippen LogP contribution in [0, 0.1) is 5.82 Å². The van der Waals surface area contributed by atoms with Crippen LogP contribution in [0.15, 0.2) is 48.5 Å². The second kappa shape index (κ2) is 8.05. The van der Waals surface area contributed by atoms with Crippen molar-refractivity contribution in [1.82, 2.24) is 5.32 Å². The summed E-state index contributed by atoms with van der Waals surface area (Å²) in [5.74, 6) is -2.48. The first kappa shape index (κ1) is 18.1. The van der Waals surface area contributed by atoms with E-state index in [9.17, 15) is 23.9 Å². The molecule has 0 unspecified atom stereocenters. The highest BCUT2D eigenvalue weighted by Crippen LogP contribution is 2.12. The number of anilines is 1. The smallest absolute Gasteiger partial charge is 0.326 e. The van der Waals surface area contributed by atoms with Gasteiger partial charge in [-0.25, -0.2) is 9.18 Å². The first-order valence-electron chi connectivity index (χ1n) is 7.51. The summed E-state index contributed by atoms with van der Waals surface area (Å²) >= 11 is 0. The summed E-state index contributed by atoms with van der Waals surface area (Å²) in [6.45, 7) is 1.34. The lowest BCUT2D eigenvalue weighted by Gasteiger charge is -2.15. The number of benzene rings is 2. The number of hydrogen-bond acceptors (Lipinski definition) is 3. The van der Waals surface area contributed by atoms with Crippen molar-refractivity contribution in [3.8, 4) is 0 Å². The van der Waals surface area contributed by atoms with Gasteiger partial charge >= 0.3 is 5.97 Å². The summed E-state index contributed by atoms with van der Waals surface area (Å²) in [5.41, 5.74) is 1.24. The second-order valence-corrected chi connectivity index (χ2v) is 5.46. The van der Waals surface area contributed by atoms with E-state index < -0.39 is 23.7 Å². The number of aliphatic carboxylic acids is 1. The highest BCUT2D eigenvalue weighted by molar-refractivity contribution is 5.98. The van der Waals surface area contributed by atoms with Crippen LogP contribution in [0.25, 0.3) is 0 Å². The van der Waals surface area contributed by atoms with E-state index in [0.717, 1.165) is 0 Å². The Morgan fingerprint density at radius 2 is 1.80 bits per heavy atom. The molecule has 0 fully saturated rings. The number of amides is 2. The zero-order valence-corrected chi connectivity index (χ0v) is 13.5. The van der Waals surface area contributed by atoms with Gasteiger partial charge in [0.2, 0.25) is 5.91 Å². The predicted molar refractivity (Wildman–Crippen MR) is 89.7 cm³/mol. The van der Waals surface area contributed by atoms with Crippen LogP contribution in [0.3, 0.4) is 0 Å². The normalized spacial score (nSPS) is 11.4. The van der Waals surface area contributed by atoms with Gasteiger partial charge in [0.1, 0.15) is 11.9 Å². The van der Waals surface area contributed by atoms with Crippen LogP contribution in [0.1, 0.15) is 22.8 Å². The molecule has 6 nitrogen and oxygen atoms in total. The molecule has 0 saturated heterocycles. The van der Waals surface area contributed by atoms with E-state index in [2.05, 4.69) is 10.6 Å². The molecule has 2 rings (SSSR count). The van der Waals surface area contributed by atoms with Gasteiger partial charge in [-0.2, -0.15) is 0 Å². The van der Waals surface area contributed by atoms with Gasteiger partial charge in [-0.15, -0.1) is 0 Å². The number of nitrogens with one attached hydrogen (secondary N) is 2. The van der Waals surface area contributed by atoms with E-state index in [4.69, 9.17) is 0 Å². The van der Waals surface area contributed by atoms with Crippen LogP contribution in [0.5, 0.6) is 0 Å². The summed E-state index contributed by atoms with van der Waals surface area (Å²) in [5, 5.41) is 14.3. The third-order valence-electron chi connectivity index (χ3n) is 3.40. The van der Waals surface area contributed by atoms with E-state index in [1.807, 2.05) is 0 Å². The molecule has 2 aromatic rings. The maximum Gasteiger partial charge on any atom is 0.326 e. The molecular weight excluding hydrogens is 327 g/mol. The van der Waals surface area contributed by atoms with Gasteiger partial charge in [0.25, 0.3) is 5.91 Å². The van der Waals surface area contributed by atoms with Crippen molar-refractivity contribution in [2.24, 2.45) is 0 Å². The van der Waals surface area contributed by atoms with Gasteiger partial charge in [0.05, 0.1) is 0 Å². The predicted octanol–water partition coefficient (Wildman–Crippen LogP) is 2.21. The molecule has 7 heteroatoms. The molecule has 0 aromatic heterocycles. The van der Waals surface area contributed by atoms with Gasteiger partial charge in [0, 0.05) is 24.6 Å². The number of halogens is 1. The average Bonchev–Trinajstić information content (AvgIpc) is 2.55. The van der Waals surface area contributed by atoms with Crippen molar-refractivity contribution in [3.63, 3.8) is 0 Å². The molecule has 0 aliphatic rings. The fraction of sp³-hybridized carbons (Fsp3) is 0.167. The summed E-state index contributed by atoms with van der Waals surface area (Å²) < 4.78 is 12.9. The van der Waals surface area contributed by atoms with Crippen LogP contribution in [-0.2, 0) is 16.0 Å². The van der Waals surface area contributed by atoms with E-state index in [1.54, 1.807) is 12.1 Å². The average molecular weight is 344 g/mol. The Labute approximate surface area is 143 Å². The van der Waals surface area contributed by atoms with Crippen molar-refractivity contribution in [3.05, 3.63) is 65.5 Å². The maximum absolute atomic E-state index is 12.9. The molecule has 2 amide bonds. The van der Waals surface area contributed by atoms with Gasteiger partial charge in [-0.05, 0) is 35.9 Å².